The van der Waals surface area contributed by atoms with Crippen molar-refractivity contribution in [3.05, 3.63) is 0 Å². The van der Waals surface area contributed by atoms with Crippen LogP contribution in [0.3, 0.4) is 0 Å². The van der Waals surface area contributed by atoms with Crippen LogP contribution in [0.1, 0.15) is 13.8 Å². The molecule has 0 heterocycles. The molecule has 0 fully saturated rings. The van der Waals surface area contributed by atoms with Gasteiger partial charge < -0.3 is 0 Å². The van der Waals surface area contributed by atoms with Crippen molar-refractivity contribution in [3.63, 3.8) is 0 Å². The third-order valence-electron chi connectivity index (χ3n) is 0.500. The molecule has 0 bridgehead atoms. The van der Waals surface area contributed by atoms with Gasteiger partial charge in [-0.05, 0) is 0 Å². The molecule has 0 atom stereocenters. The molecule has 0 aliphatic rings. The van der Waals surface area contributed by atoms with E-state index in [1.54, 1.807) is 0 Å². The average Bonchev–Trinajstić information content (AvgIpc) is 1.80. The molecule has 0 amide bonds. The Hall–Kier alpha value is 0.619. The van der Waals surface area contributed by atoms with Gasteiger partial charge >= 0.3 is 43.9 Å². The Kier molecular flexibility index (Phi) is 15.5. The SMILES string of the molecule is CS(=O)(=O)O.CS(=O)(=O)O.C[CH2][Sn][CH2]C. The van der Waals surface area contributed by atoms with Crippen molar-refractivity contribution in [2.45, 2.75) is 22.7 Å². The number of hydrogen-bond donors (Lipinski definition) is 2. The van der Waals surface area contributed by atoms with Crippen molar-refractivity contribution >= 4 is 41.4 Å². The van der Waals surface area contributed by atoms with Gasteiger partial charge in [-0.3, -0.25) is 9.11 Å². The fourth-order valence-corrected chi connectivity index (χ4v) is 1.68. The van der Waals surface area contributed by atoms with Crippen LogP contribution < -0.4 is 0 Å². The van der Waals surface area contributed by atoms with Crippen molar-refractivity contribution < 1.29 is 25.9 Å². The van der Waals surface area contributed by atoms with E-state index in [4.69, 9.17) is 9.11 Å². The molecule has 0 saturated heterocycles. The van der Waals surface area contributed by atoms with Crippen LogP contribution in [-0.4, -0.2) is 59.6 Å². The first kappa shape index (κ1) is 21.0. The van der Waals surface area contributed by atoms with Gasteiger partial charge in [-0.2, -0.15) is 16.8 Å². The Balaban J connectivity index is -0.000000144. The molecule has 2 N–H and O–H groups in total. The van der Waals surface area contributed by atoms with Crippen molar-refractivity contribution in [2.75, 3.05) is 12.5 Å². The van der Waals surface area contributed by atoms with Gasteiger partial charge in [0.2, 0.25) is 0 Å². The molecule has 0 spiro atoms. The van der Waals surface area contributed by atoms with Gasteiger partial charge in [0, 0.05) is 0 Å². The molecule has 0 aromatic carbocycles. The Morgan fingerprint density at radius 3 is 1.00 bits per heavy atom. The average molecular weight is 369 g/mol. The molecule has 0 aliphatic heterocycles. The molecular formula is C6H18O6S2Sn. The summed E-state index contributed by atoms with van der Waals surface area (Å²) in [7, 11) is -7.33. The summed E-state index contributed by atoms with van der Waals surface area (Å²) >= 11 is 0.218. The van der Waals surface area contributed by atoms with Crippen LogP contribution in [0.5, 0.6) is 0 Å². The van der Waals surface area contributed by atoms with Gasteiger partial charge in [0.15, 0.2) is 0 Å². The first-order chi connectivity index (χ1) is 6.41. The van der Waals surface area contributed by atoms with E-state index in [9.17, 15) is 16.8 Å². The normalized spacial score (nSPS) is 10.5. The zero-order chi connectivity index (χ0) is 13.1. The van der Waals surface area contributed by atoms with Crippen LogP contribution >= 0.6 is 0 Å². The number of rotatable bonds is 2. The van der Waals surface area contributed by atoms with Gasteiger partial charge in [-0.25, -0.2) is 0 Å². The van der Waals surface area contributed by atoms with Crippen LogP contribution in [0.2, 0.25) is 8.87 Å². The predicted octanol–water partition coefficient (Wildman–Crippen LogP) is 0.575. The van der Waals surface area contributed by atoms with E-state index in [1.807, 2.05) is 0 Å². The van der Waals surface area contributed by atoms with Crippen molar-refractivity contribution in [3.8, 4) is 0 Å². The fourth-order valence-electron chi connectivity index (χ4n) is 0.250. The van der Waals surface area contributed by atoms with Crippen LogP contribution in [0.4, 0.5) is 0 Å². The number of hydrogen-bond acceptors (Lipinski definition) is 4. The summed E-state index contributed by atoms with van der Waals surface area (Å²) in [6.07, 6.45) is 1.43. The summed E-state index contributed by atoms with van der Waals surface area (Å²) in [6, 6.07) is 0. The minimum atomic E-state index is -3.67. The molecule has 6 nitrogen and oxygen atoms in total. The predicted molar refractivity (Wildman–Crippen MR) is 61.7 cm³/mol. The Morgan fingerprint density at radius 2 is 1.00 bits per heavy atom. The van der Waals surface area contributed by atoms with Crippen LogP contribution in [0.25, 0.3) is 0 Å². The van der Waals surface area contributed by atoms with E-state index in [1.165, 1.54) is 8.87 Å². The van der Waals surface area contributed by atoms with Gasteiger partial charge in [-0.15, -0.1) is 0 Å². The molecular weight excluding hydrogens is 351 g/mol. The molecule has 9 heteroatoms. The summed E-state index contributed by atoms with van der Waals surface area (Å²) in [5.74, 6) is 0. The summed E-state index contributed by atoms with van der Waals surface area (Å²) in [6.45, 7) is 4.57. The van der Waals surface area contributed by atoms with Gasteiger partial charge in [-0.1, -0.05) is 0 Å². The van der Waals surface area contributed by atoms with Gasteiger partial charge in [0.1, 0.15) is 0 Å². The van der Waals surface area contributed by atoms with Gasteiger partial charge in [0.25, 0.3) is 20.2 Å². The maximum atomic E-state index is 9.19. The molecule has 0 aliphatic carbocycles. The standard InChI is InChI=1S/2C2H5.2CH4O3S.Sn/c2*1-2;2*1-5(2,3)4;/h2*1H2,2H3;2*1H3,(H,2,3,4);. The molecule has 0 aromatic heterocycles. The third-order valence-corrected chi connectivity index (χ3v) is 3.35. The van der Waals surface area contributed by atoms with Crippen LogP contribution in [-0.2, 0) is 20.2 Å². The summed E-state index contributed by atoms with van der Waals surface area (Å²) < 4.78 is 54.8. The minimum absolute atomic E-state index is 0.218. The van der Waals surface area contributed by atoms with Crippen LogP contribution in [0.15, 0.2) is 0 Å². The van der Waals surface area contributed by atoms with E-state index >= 15 is 0 Å². The second-order valence-electron chi connectivity index (χ2n) is 2.42. The molecule has 0 rings (SSSR count). The van der Waals surface area contributed by atoms with E-state index < -0.39 is 20.2 Å². The summed E-state index contributed by atoms with van der Waals surface area (Å²) in [5.41, 5.74) is 0. The molecule has 94 valence electrons. The molecule has 0 aromatic rings. The first-order valence-electron chi connectivity index (χ1n) is 3.97. The Morgan fingerprint density at radius 1 is 0.867 bits per heavy atom. The maximum absolute atomic E-state index is 9.19. The summed E-state index contributed by atoms with van der Waals surface area (Å²) in [4.78, 5) is 0. The summed E-state index contributed by atoms with van der Waals surface area (Å²) in [5, 5.41) is 0. The van der Waals surface area contributed by atoms with Crippen molar-refractivity contribution in [1.29, 1.82) is 0 Å². The molecule has 0 unspecified atom stereocenters. The van der Waals surface area contributed by atoms with E-state index in [0.29, 0.717) is 12.5 Å². The van der Waals surface area contributed by atoms with E-state index in [0.717, 1.165) is 0 Å². The van der Waals surface area contributed by atoms with Gasteiger partial charge in [0.05, 0.1) is 12.5 Å². The van der Waals surface area contributed by atoms with E-state index in [2.05, 4.69) is 13.8 Å². The fraction of sp³-hybridized carbons (Fsp3) is 1.00. The monoisotopic (exact) mass is 370 g/mol. The van der Waals surface area contributed by atoms with Crippen molar-refractivity contribution in [2.24, 2.45) is 0 Å². The quantitative estimate of drug-likeness (QED) is 0.545. The third kappa shape index (κ3) is 339. The molecule has 15 heavy (non-hydrogen) atoms. The Bertz CT molecular complexity index is 259. The Labute approximate surface area is 102 Å². The van der Waals surface area contributed by atoms with E-state index in [-0.39, 0.29) is 21.1 Å². The van der Waals surface area contributed by atoms with Crippen molar-refractivity contribution in [1.82, 2.24) is 0 Å². The zero-order valence-electron chi connectivity index (χ0n) is 9.26. The second kappa shape index (κ2) is 11.1. The molecule has 2 radical (unpaired) electrons. The zero-order valence-corrected chi connectivity index (χ0v) is 13.7. The molecule has 0 saturated carbocycles. The van der Waals surface area contributed by atoms with Crippen LogP contribution in [0, 0.1) is 0 Å². The topological polar surface area (TPSA) is 109 Å². The first-order valence-corrected chi connectivity index (χ1v) is 11.7. The second-order valence-corrected chi connectivity index (χ2v) is 10.8.